The molecule has 1 unspecified atom stereocenters. The molecule has 0 spiro atoms. The average Bonchev–Trinajstić information content (AvgIpc) is 2.72. The Kier molecular flexibility index (Phi) is 4.05. The van der Waals surface area contributed by atoms with Crippen LogP contribution in [-0.2, 0) is 13.6 Å². The maximum atomic E-state index is 5.76. The molecule has 102 valence electrons. The highest BCUT2D eigenvalue weighted by Gasteiger charge is 2.13. The van der Waals surface area contributed by atoms with Gasteiger partial charge < -0.3 is 5.73 Å². The van der Waals surface area contributed by atoms with Crippen LogP contribution in [0.25, 0.3) is 11.3 Å². The Morgan fingerprint density at radius 2 is 1.89 bits per heavy atom. The predicted molar refractivity (Wildman–Crippen MR) is 80.0 cm³/mol. The first-order valence-electron chi connectivity index (χ1n) is 6.91. The van der Waals surface area contributed by atoms with Gasteiger partial charge in [-0.05, 0) is 30.4 Å². The number of aryl methyl sites for hydroxylation is 1. The molecule has 1 aromatic heterocycles. The summed E-state index contributed by atoms with van der Waals surface area (Å²) in [5.74, 6) is 0.610. The normalized spacial score (nSPS) is 12.7. The average molecular weight is 257 g/mol. The summed E-state index contributed by atoms with van der Waals surface area (Å²) in [4.78, 5) is 0. The van der Waals surface area contributed by atoms with Crippen LogP contribution in [-0.4, -0.2) is 9.78 Å². The van der Waals surface area contributed by atoms with Crippen molar-refractivity contribution in [3.63, 3.8) is 0 Å². The lowest BCUT2D eigenvalue weighted by atomic mass is 9.96. The Balaban J connectivity index is 2.37. The predicted octanol–water partition coefficient (Wildman–Crippen LogP) is 3.37. The summed E-state index contributed by atoms with van der Waals surface area (Å²) in [6.45, 7) is 7.09. The Morgan fingerprint density at radius 3 is 2.37 bits per heavy atom. The molecule has 0 bridgehead atoms. The van der Waals surface area contributed by atoms with E-state index in [4.69, 9.17) is 5.73 Å². The van der Waals surface area contributed by atoms with Gasteiger partial charge in [0.1, 0.15) is 0 Å². The Labute approximate surface area is 115 Å². The van der Waals surface area contributed by atoms with Crippen LogP contribution >= 0.6 is 0 Å². The lowest BCUT2D eigenvalue weighted by molar-refractivity contribution is 0.712. The minimum Gasteiger partial charge on any atom is -0.325 e. The summed E-state index contributed by atoms with van der Waals surface area (Å²) in [6, 6.07) is 8.74. The van der Waals surface area contributed by atoms with Gasteiger partial charge in [0.2, 0.25) is 0 Å². The zero-order valence-corrected chi connectivity index (χ0v) is 12.3. The van der Waals surface area contributed by atoms with Crippen LogP contribution in [0, 0.1) is 6.92 Å². The topological polar surface area (TPSA) is 43.8 Å². The van der Waals surface area contributed by atoms with E-state index < -0.39 is 0 Å². The number of nitrogens with two attached hydrogens (primary N) is 1. The van der Waals surface area contributed by atoms with Crippen LogP contribution in [0.15, 0.2) is 24.3 Å². The molecule has 19 heavy (non-hydrogen) atoms. The van der Waals surface area contributed by atoms with E-state index in [1.165, 1.54) is 23.1 Å². The van der Waals surface area contributed by atoms with Crippen molar-refractivity contribution in [3.05, 3.63) is 41.1 Å². The Hall–Kier alpha value is -1.61. The van der Waals surface area contributed by atoms with Gasteiger partial charge in [0.25, 0.3) is 0 Å². The molecule has 0 amide bonds. The second kappa shape index (κ2) is 5.57. The van der Waals surface area contributed by atoms with E-state index in [2.05, 4.69) is 50.1 Å². The molecular formula is C16H23N3. The quantitative estimate of drug-likeness (QED) is 0.912. The molecule has 0 saturated heterocycles. The molecule has 0 aliphatic carbocycles. The smallest absolute Gasteiger partial charge is 0.0955 e. The van der Waals surface area contributed by atoms with Crippen molar-refractivity contribution in [2.75, 3.05) is 0 Å². The third-order valence-corrected chi connectivity index (χ3v) is 3.99. The van der Waals surface area contributed by atoms with Crippen LogP contribution in [0.3, 0.4) is 0 Å². The highest BCUT2D eigenvalue weighted by molar-refractivity contribution is 5.64. The molecule has 0 radical (unpaired) electrons. The van der Waals surface area contributed by atoms with Crippen LogP contribution in [0.2, 0.25) is 0 Å². The number of nitrogens with zero attached hydrogens (tertiary/aromatic N) is 2. The van der Waals surface area contributed by atoms with E-state index in [0.717, 1.165) is 11.4 Å². The fourth-order valence-corrected chi connectivity index (χ4v) is 2.43. The van der Waals surface area contributed by atoms with E-state index in [1.54, 1.807) is 0 Å². The molecule has 2 N–H and O–H groups in total. The van der Waals surface area contributed by atoms with Crippen molar-refractivity contribution in [3.8, 4) is 11.3 Å². The van der Waals surface area contributed by atoms with Gasteiger partial charge in [-0.1, -0.05) is 38.1 Å². The van der Waals surface area contributed by atoms with Gasteiger partial charge in [0.15, 0.2) is 0 Å². The van der Waals surface area contributed by atoms with Gasteiger partial charge in [-0.2, -0.15) is 5.10 Å². The number of hydrogen-bond donors (Lipinski definition) is 1. The van der Waals surface area contributed by atoms with Gasteiger partial charge in [0.05, 0.1) is 11.4 Å². The van der Waals surface area contributed by atoms with Crippen molar-refractivity contribution < 1.29 is 0 Å². The van der Waals surface area contributed by atoms with Gasteiger partial charge in [-0.15, -0.1) is 0 Å². The molecule has 1 atom stereocenters. The lowest BCUT2D eigenvalue weighted by Crippen LogP contribution is -2.05. The molecule has 3 nitrogen and oxygen atoms in total. The Bertz CT molecular complexity index is 552. The van der Waals surface area contributed by atoms with E-state index in [9.17, 15) is 0 Å². The largest absolute Gasteiger partial charge is 0.325 e. The molecule has 0 fully saturated rings. The summed E-state index contributed by atoms with van der Waals surface area (Å²) in [5, 5.41) is 4.58. The van der Waals surface area contributed by atoms with Crippen LogP contribution in [0.5, 0.6) is 0 Å². The highest BCUT2D eigenvalue weighted by atomic mass is 15.3. The number of rotatable bonds is 4. The van der Waals surface area contributed by atoms with E-state index in [-0.39, 0.29) is 0 Å². The summed E-state index contributed by atoms with van der Waals surface area (Å²) < 4.78 is 1.88. The van der Waals surface area contributed by atoms with Gasteiger partial charge in [-0.3, -0.25) is 4.68 Å². The van der Waals surface area contributed by atoms with Crippen LogP contribution in [0.4, 0.5) is 0 Å². The summed E-state index contributed by atoms with van der Waals surface area (Å²) >= 11 is 0. The molecule has 1 heterocycles. The first-order chi connectivity index (χ1) is 9.08. The summed E-state index contributed by atoms with van der Waals surface area (Å²) in [7, 11) is 1.95. The fraction of sp³-hybridized carbons (Fsp3) is 0.438. The minimum absolute atomic E-state index is 0.528. The van der Waals surface area contributed by atoms with Gasteiger partial charge >= 0.3 is 0 Å². The summed E-state index contributed by atoms with van der Waals surface area (Å²) in [5.41, 5.74) is 11.6. The monoisotopic (exact) mass is 257 g/mol. The van der Waals surface area contributed by atoms with Crippen molar-refractivity contribution in [1.82, 2.24) is 9.78 Å². The Morgan fingerprint density at radius 1 is 1.26 bits per heavy atom. The SMILES string of the molecule is CCC(C)c1ccc(-c2nn(C)c(CN)c2C)cc1. The fourth-order valence-electron chi connectivity index (χ4n) is 2.43. The molecular weight excluding hydrogens is 234 g/mol. The molecule has 1 aromatic carbocycles. The van der Waals surface area contributed by atoms with Crippen LogP contribution < -0.4 is 5.73 Å². The highest BCUT2D eigenvalue weighted by Crippen LogP contribution is 2.26. The lowest BCUT2D eigenvalue weighted by Gasteiger charge is -2.09. The van der Waals surface area contributed by atoms with Crippen molar-refractivity contribution in [1.29, 1.82) is 0 Å². The van der Waals surface area contributed by atoms with Crippen molar-refractivity contribution in [2.24, 2.45) is 12.8 Å². The third kappa shape index (κ3) is 2.56. The first-order valence-corrected chi connectivity index (χ1v) is 6.91. The van der Waals surface area contributed by atoms with Gasteiger partial charge in [0, 0.05) is 19.2 Å². The maximum absolute atomic E-state index is 5.76. The second-order valence-corrected chi connectivity index (χ2v) is 5.18. The number of aromatic nitrogens is 2. The molecule has 0 aliphatic heterocycles. The molecule has 2 rings (SSSR count). The molecule has 3 heteroatoms. The number of benzene rings is 1. The van der Waals surface area contributed by atoms with E-state index in [0.29, 0.717) is 12.5 Å². The molecule has 2 aromatic rings. The zero-order chi connectivity index (χ0) is 14.0. The third-order valence-electron chi connectivity index (χ3n) is 3.99. The standard InChI is InChI=1S/C16H23N3/c1-5-11(2)13-6-8-14(9-7-13)16-12(3)15(10-17)19(4)18-16/h6-9,11H,5,10,17H2,1-4H3. The molecule has 0 aliphatic rings. The molecule has 0 saturated carbocycles. The zero-order valence-electron chi connectivity index (χ0n) is 12.3. The minimum atomic E-state index is 0.528. The maximum Gasteiger partial charge on any atom is 0.0955 e. The summed E-state index contributed by atoms with van der Waals surface area (Å²) in [6.07, 6.45) is 1.17. The number of hydrogen-bond acceptors (Lipinski definition) is 2. The van der Waals surface area contributed by atoms with Gasteiger partial charge in [-0.25, -0.2) is 0 Å². The second-order valence-electron chi connectivity index (χ2n) is 5.18. The van der Waals surface area contributed by atoms with Crippen LogP contribution in [0.1, 0.15) is 43.0 Å². The first kappa shape index (κ1) is 13.8. The van der Waals surface area contributed by atoms with Crippen molar-refractivity contribution >= 4 is 0 Å². The van der Waals surface area contributed by atoms with E-state index in [1.807, 2.05) is 11.7 Å². The van der Waals surface area contributed by atoms with Crippen molar-refractivity contribution in [2.45, 2.75) is 39.7 Å². The van der Waals surface area contributed by atoms with E-state index >= 15 is 0 Å².